The van der Waals surface area contributed by atoms with Crippen LogP contribution in [0, 0.1) is 12.7 Å². The highest BCUT2D eigenvalue weighted by atomic mass is 19.1. The summed E-state index contributed by atoms with van der Waals surface area (Å²) in [6.45, 7) is 5.86. The second kappa shape index (κ2) is 4.80. The van der Waals surface area contributed by atoms with E-state index in [9.17, 15) is 4.39 Å². The van der Waals surface area contributed by atoms with E-state index in [2.05, 4.69) is 25.0 Å². The Balaban J connectivity index is 2.60. The zero-order valence-electron chi connectivity index (χ0n) is 11.0. The molecule has 0 saturated heterocycles. The van der Waals surface area contributed by atoms with Crippen LogP contribution in [0.5, 0.6) is 0 Å². The van der Waals surface area contributed by atoms with Crippen molar-refractivity contribution in [2.45, 2.75) is 33.6 Å². The number of anilines is 1. The lowest BCUT2D eigenvalue weighted by atomic mass is 10.1. The van der Waals surface area contributed by atoms with Crippen molar-refractivity contribution in [1.29, 1.82) is 0 Å². The van der Waals surface area contributed by atoms with Crippen molar-refractivity contribution in [3.8, 4) is 5.69 Å². The molecule has 3 nitrogen and oxygen atoms in total. The van der Waals surface area contributed by atoms with Gasteiger partial charge in [0, 0.05) is 5.69 Å². The Morgan fingerprint density at radius 3 is 2.56 bits per heavy atom. The van der Waals surface area contributed by atoms with Gasteiger partial charge >= 0.3 is 0 Å². The largest absolute Gasteiger partial charge is 0.397 e. The normalized spacial score (nSPS) is 10.9. The summed E-state index contributed by atoms with van der Waals surface area (Å²) in [5.41, 5.74) is 9.75. The second-order valence-electron chi connectivity index (χ2n) is 4.41. The van der Waals surface area contributed by atoms with Crippen molar-refractivity contribution in [2.75, 3.05) is 5.73 Å². The minimum absolute atomic E-state index is 0.280. The number of hydrogen-bond acceptors (Lipinski definition) is 2. The summed E-state index contributed by atoms with van der Waals surface area (Å²) < 4.78 is 15.2. The lowest BCUT2D eigenvalue weighted by molar-refractivity contribution is 0.618. The van der Waals surface area contributed by atoms with E-state index in [1.54, 1.807) is 13.0 Å². The summed E-state index contributed by atoms with van der Waals surface area (Å²) in [5.74, 6) is -0.280. The van der Waals surface area contributed by atoms with Gasteiger partial charge in [-0.05, 0) is 43.5 Å². The van der Waals surface area contributed by atoms with Crippen molar-refractivity contribution in [3.05, 3.63) is 41.0 Å². The van der Waals surface area contributed by atoms with E-state index in [1.165, 1.54) is 6.07 Å². The summed E-state index contributed by atoms with van der Waals surface area (Å²) in [5, 5.41) is 4.52. The third-order valence-electron chi connectivity index (χ3n) is 3.09. The van der Waals surface area contributed by atoms with Crippen LogP contribution in [0.3, 0.4) is 0 Å². The predicted octanol–water partition coefficient (Wildman–Crippen LogP) is 3.03. The maximum atomic E-state index is 13.4. The van der Waals surface area contributed by atoms with Crippen molar-refractivity contribution < 1.29 is 4.39 Å². The monoisotopic (exact) mass is 247 g/mol. The van der Waals surface area contributed by atoms with Crippen LogP contribution < -0.4 is 5.73 Å². The SMILES string of the molecule is CCc1cc(CC)n(-c2cc(C)c(F)cc2N)n1. The Labute approximate surface area is 106 Å². The Morgan fingerprint density at radius 1 is 1.22 bits per heavy atom. The molecule has 0 spiro atoms. The van der Waals surface area contributed by atoms with Crippen LogP contribution in [0.25, 0.3) is 5.69 Å². The highest BCUT2D eigenvalue weighted by molar-refractivity contribution is 5.59. The van der Waals surface area contributed by atoms with Gasteiger partial charge in [0.1, 0.15) is 5.82 Å². The number of benzene rings is 1. The van der Waals surface area contributed by atoms with E-state index >= 15 is 0 Å². The molecule has 0 radical (unpaired) electrons. The number of aryl methyl sites for hydroxylation is 3. The molecule has 4 heteroatoms. The van der Waals surface area contributed by atoms with Gasteiger partial charge in [-0.3, -0.25) is 0 Å². The third kappa shape index (κ3) is 2.10. The summed E-state index contributed by atoms with van der Waals surface area (Å²) in [7, 11) is 0. The molecule has 1 aromatic carbocycles. The number of rotatable bonds is 3. The standard InChI is InChI=1S/C14H18FN3/c1-4-10-7-11(5-2)18(17-10)14-6-9(3)12(15)8-13(14)16/h6-8H,4-5,16H2,1-3H3. The Bertz CT molecular complexity index is 573. The van der Waals surface area contributed by atoms with E-state index in [-0.39, 0.29) is 5.82 Å². The third-order valence-corrected chi connectivity index (χ3v) is 3.09. The summed E-state index contributed by atoms with van der Waals surface area (Å²) in [4.78, 5) is 0. The highest BCUT2D eigenvalue weighted by Crippen LogP contribution is 2.23. The van der Waals surface area contributed by atoms with Crippen LogP contribution >= 0.6 is 0 Å². The number of nitrogens with two attached hydrogens (primary N) is 1. The van der Waals surface area contributed by atoms with E-state index in [1.807, 2.05) is 4.68 Å². The van der Waals surface area contributed by atoms with Gasteiger partial charge in [-0.15, -0.1) is 0 Å². The topological polar surface area (TPSA) is 43.8 Å². The van der Waals surface area contributed by atoms with Crippen LogP contribution in [0.1, 0.15) is 30.8 Å². The zero-order valence-corrected chi connectivity index (χ0v) is 11.0. The maximum Gasteiger partial charge on any atom is 0.128 e. The Kier molecular flexibility index (Phi) is 3.36. The van der Waals surface area contributed by atoms with Crippen LogP contribution in [-0.4, -0.2) is 9.78 Å². The molecule has 1 aromatic heterocycles. The summed E-state index contributed by atoms with van der Waals surface area (Å²) >= 11 is 0. The molecule has 2 aromatic rings. The number of halogens is 1. The summed E-state index contributed by atoms with van der Waals surface area (Å²) in [6, 6.07) is 5.17. The van der Waals surface area contributed by atoms with Gasteiger partial charge in [0.15, 0.2) is 0 Å². The first-order valence-corrected chi connectivity index (χ1v) is 6.20. The maximum absolute atomic E-state index is 13.4. The van der Waals surface area contributed by atoms with Crippen molar-refractivity contribution in [3.63, 3.8) is 0 Å². The first-order chi connectivity index (χ1) is 8.56. The lowest BCUT2D eigenvalue weighted by Gasteiger charge is -2.10. The first kappa shape index (κ1) is 12.6. The molecule has 0 atom stereocenters. The van der Waals surface area contributed by atoms with E-state index < -0.39 is 0 Å². The molecular weight excluding hydrogens is 229 g/mol. The van der Waals surface area contributed by atoms with Crippen LogP contribution in [0.4, 0.5) is 10.1 Å². The molecule has 0 saturated carbocycles. The van der Waals surface area contributed by atoms with Gasteiger partial charge in [-0.2, -0.15) is 5.10 Å². The minimum atomic E-state index is -0.280. The molecule has 0 unspecified atom stereocenters. The van der Waals surface area contributed by atoms with Gasteiger partial charge < -0.3 is 5.73 Å². The average molecular weight is 247 g/mol. The first-order valence-electron chi connectivity index (χ1n) is 6.20. The second-order valence-corrected chi connectivity index (χ2v) is 4.41. The number of nitrogen functional groups attached to an aromatic ring is 1. The molecule has 0 amide bonds. The highest BCUT2D eigenvalue weighted by Gasteiger charge is 2.12. The molecule has 0 aliphatic rings. The van der Waals surface area contributed by atoms with E-state index in [0.29, 0.717) is 11.3 Å². The van der Waals surface area contributed by atoms with E-state index in [4.69, 9.17) is 5.73 Å². The molecule has 1 heterocycles. The molecular formula is C14H18FN3. The van der Waals surface area contributed by atoms with Crippen molar-refractivity contribution in [1.82, 2.24) is 9.78 Å². The minimum Gasteiger partial charge on any atom is -0.397 e. The number of nitrogens with zero attached hydrogens (tertiary/aromatic N) is 2. The van der Waals surface area contributed by atoms with Gasteiger partial charge in [0.2, 0.25) is 0 Å². The quantitative estimate of drug-likeness (QED) is 0.847. The van der Waals surface area contributed by atoms with Gasteiger partial charge in [-0.25, -0.2) is 9.07 Å². The molecule has 18 heavy (non-hydrogen) atoms. The molecule has 0 aliphatic heterocycles. The Hall–Kier alpha value is -1.84. The van der Waals surface area contributed by atoms with Gasteiger partial charge in [-0.1, -0.05) is 13.8 Å². The van der Waals surface area contributed by atoms with Crippen LogP contribution in [-0.2, 0) is 12.8 Å². The molecule has 2 N–H and O–H groups in total. The van der Waals surface area contributed by atoms with Gasteiger partial charge in [0.05, 0.1) is 17.1 Å². The molecule has 0 fully saturated rings. The van der Waals surface area contributed by atoms with Crippen molar-refractivity contribution >= 4 is 5.69 Å². The average Bonchev–Trinajstić information content (AvgIpc) is 2.77. The fourth-order valence-electron chi connectivity index (χ4n) is 1.97. The van der Waals surface area contributed by atoms with Crippen LogP contribution in [0.15, 0.2) is 18.2 Å². The lowest BCUT2D eigenvalue weighted by Crippen LogP contribution is -2.06. The van der Waals surface area contributed by atoms with Crippen molar-refractivity contribution in [2.24, 2.45) is 0 Å². The number of aromatic nitrogens is 2. The fraction of sp³-hybridized carbons (Fsp3) is 0.357. The summed E-state index contributed by atoms with van der Waals surface area (Å²) in [6.07, 6.45) is 1.74. The molecule has 2 rings (SSSR count). The molecule has 0 bridgehead atoms. The van der Waals surface area contributed by atoms with E-state index in [0.717, 1.165) is 29.9 Å². The zero-order chi connectivity index (χ0) is 13.3. The fourth-order valence-corrected chi connectivity index (χ4v) is 1.97. The molecule has 0 aliphatic carbocycles. The predicted molar refractivity (Wildman–Crippen MR) is 71.4 cm³/mol. The smallest absolute Gasteiger partial charge is 0.128 e. The number of hydrogen-bond donors (Lipinski definition) is 1. The molecule has 96 valence electrons. The van der Waals surface area contributed by atoms with Crippen LogP contribution in [0.2, 0.25) is 0 Å². The Morgan fingerprint density at radius 2 is 1.94 bits per heavy atom. The van der Waals surface area contributed by atoms with Gasteiger partial charge in [0.25, 0.3) is 0 Å².